The standard InChI is InChI=1S/C29H26F2N2O3/c1-18-25-13-22(34)7-10-26(25)36-29(27(18)24-4-2-3-21(15-32)28(24)31)20-5-8-23(9-6-20)35-12-11-33-16-19(14-30)17-33/h2-10,13,19,29,34H,11-12,14,16-17H2,1H3. The molecule has 1 fully saturated rings. The minimum Gasteiger partial charge on any atom is -0.508 e. The summed E-state index contributed by atoms with van der Waals surface area (Å²) in [6.07, 6.45) is -0.627. The van der Waals surface area contributed by atoms with Gasteiger partial charge in [-0.2, -0.15) is 5.26 Å². The fraction of sp³-hybridized carbons (Fsp3) is 0.276. The highest BCUT2D eigenvalue weighted by Gasteiger charge is 2.31. The van der Waals surface area contributed by atoms with Gasteiger partial charge in [-0.05, 0) is 54.5 Å². The summed E-state index contributed by atoms with van der Waals surface area (Å²) in [5.41, 5.74) is 3.06. The van der Waals surface area contributed by atoms with Crippen molar-refractivity contribution in [3.05, 3.63) is 88.7 Å². The summed E-state index contributed by atoms with van der Waals surface area (Å²) in [6.45, 7) is 4.39. The Kier molecular flexibility index (Phi) is 6.62. The first-order valence-corrected chi connectivity index (χ1v) is 11.9. The molecule has 1 atom stereocenters. The molecular weight excluding hydrogens is 462 g/mol. The highest BCUT2D eigenvalue weighted by molar-refractivity contribution is 5.96. The second-order valence-electron chi connectivity index (χ2n) is 9.19. The van der Waals surface area contributed by atoms with E-state index < -0.39 is 11.9 Å². The molecule has 2 aliphatic rings. The monoisotopic (exact) mass is 488 g/mol. The van der Waals surface area contributed by atoms with Crippen molar-refractivity contribution >= 4 is 11.1 Å². The Balaban J connectivity index is 1.43. The van der Waals surface area contributed by atoms with Crippen LogP contribution in [-0.2, 0) is 0 Å². The molecule has 0 bridgehead atoms. The molecule has 0 saturated carbocycles. The van der Waals surface area contributed by atoms with E-state index in [0.29, 0.717) is 29.2 Å². The number of rotatable bonds is 7. The predicted molar refractivity (Wildman–Crippen MR) is 133 cm³/mol. The Morgan fingerprint density at radius 2 is 1.89 bits per heavy atom. The van der Waals surface area contributed by atoms with Gasteiger partial charge in [0.15, 0.2) is 0 Å². The summed E-state index contributed by atoms with van der Waals surface area (Å²) in [6, 6.07) is 18.9. The molecule has 2 heterocycles. The maximum atomic E-state index is 15.3. The molecule has 7 heteroatoms. The van der Waals surface area contributed by atoms with Crippen molar-refractivity contribution in [1.29, 1.82) is 5.26 Å². The molecule has 3 aromatic rings. The number of phenols is 1. The van der Waals surface area contributed by atoms with Gasteiger partial charge in [-0.25, -0.2) is 4.39 Å². The van der Waals surface area contributed by atoms with Crippen molar-refractivity contribution in [3.8, 4) is 23.3 Å². The van der Waals surface area contributed by atoms with Crippen LogP contribution in [0.5, 0.6) is 17.2 Å². The summed E-state index contributed by atoms with van der Waals surface area (Å²) >= 11 is 0. The normalized spacial score (nSPS) is 17.7. The van der Waals surface area contributed by atoms with Crippen molar-refractivity contribution in [1.82, 2.24) is 4.90 Å². The van der Waals surface area contributed by atoms with Gasteiger partial charge in [0.05, 0.1) is 12.2 Å². The number of hydrogen-bond acceptors (Lipinski definition) is 5. The molecule has 0 amide bonds. The lowest BCUT2D eigenvalue weighted by Crippen LogP contribution is -2.49. The van der Waals surface area contributed by atoms with Gasteiger partial charge >= 0.3 is 0 Å². The molecule has 3 aromatic carbocycles. The summed E-state index contributed by atoms with van der Waals surface area (Å²) in [7, 11) is 0. The van der Waals surface area contributed by atoms with E-state index in [1.807, 2.05) is 37.3 Å². The number of fused-ring (bicyclic) bond motifs is 1. The highest BCUT2D eigenvalue weighted by Crippen LogP contribution is 2.48. The van der Waals surface area contributed by atoms with Crippen molar-refractivity contribution in [3.63, 3.8) is 0 Å². The summed E-state index contributed by atoms with van der Waals surface area (Å²) < 4.78 is 40.1. The molecule has 0 aliphatic carbocycles. The Morgan fingerprint density at radius 1 is 1.11 bits per heavy atom. The lowest BCUT2D eigenvalue weighted by atomic mass is 9.85. The van der Waals surface area contributed by atoms with Gasteiger partial charge in [0.2, 0.25) is 0 Å². The third-order valence-corrected chi connectivity index (χ3v) is 6.80. The van der Waals surface area contributed by atoms with Crippen LogP contribution in [0.4, 0.5) is 8.78 Å². The number of aromatic hydroxyl groups is 1. The number of benzene rings is 3. The number of likely N-dealkylation sites (tertiary alicyclic amines) is 1. The third-order valence-electron chi connectivity index (χ3n) is 6.80. The SMILES string of the molecule is CC1=C(c2cccc(C#N)c2F)C(c2ccc(OCCN3CC(CF)C3)cc2)Oc2ccc(O)cc21. The van der Waals surface area contributed by atoms with E-state index in [-0.39, 0.29) is 29.5 Å². The zero-order valence-corrected chi connectivity index (χ0v) is 19.9. The number of hydrogen-bond donors (Lipinski definition) is 1. The van der Waals surface area contributed by atoms with E-state index in [9.17, 15) is 14.8 Å². The van der Waals surface area contributed by atoms with Gasteiger partial charge < -0.3 is 14.6 Å². The number of halogens is 2. The van der Waals surface area contributed by atoms with Crippen LogP contribution in [0.3, 0.4) is 0 Å². The van der Waals surface area contributed by atoms with Crippen LogP contribution in [0.25, 0.3) is 11.1 Å². The first-order chi connectivity index (χ1) is 17.5. The Hall–Kier alpha value is -3.89. The second kappa shape index (κ2) is 10.00. The lowest BCUT2D eigenvalue weighted by Gasteiger charge is -2.37. The quantitative estimate of drug-likeness (QED) is 0.459. The van der Waals surface area contributed by atoms with Gasteiger partial charge in [0, 0.05) is 42.3 Å². The van der Waals surface area contributed by atoms with E-state index in [4.69, 9.17) is 9.47 Å². The van der Waals surface area contributed by atoms with E-state index in [1.54, 1.807) is 30.3 Å². The van der Waals surface area contributed by atoms with Crippen LogP contribution in [-0.4, -0.2) is 42.9 Å². The van der Waals surface area contributed by atoms with Crippen LogP contribution in [0.15, 0.2) is 60.7 Å². The largest absolute Gasteiger partial charge is 0.508 e. The van der Waals surface area contributed by atoms with E-state index in [2.05, 4.69) is 4.90 Å². The van der Waals surface area contributed by atoms with Crippen LogP contribution >= 0.6 is 0 Å². The van der Waals surface area contributed by atoms with Crippen molar-refractivity contribution in [2.24, 2.45) is 5.92 Å². The third kappa shape index (κ3) is 4.52. The first-order valence-electron chi connectivity index (χ1n) is 11.9. The van der Waals surface area contributed by atoms with Crippen molar-refractivity contribution < 1.29 is 23.4 Å². The average Bonchev–Trinajstić information content (AvgIpc) is 2.86. The highest BCUT2D eigenvalue weighted by atomic mass is 19.1. The topological polar surface area (TPSA) is 65.7 Å². The first kappa shape index (κ1) is 23.8. The number of allylic oxidation sites excluding steroid dienone is 1. The molecule has 5 nitrogen and oxygen atoms in total. The van der Waals surface area contributed by atoms with E-state index in [0.717, 1.165) is 30.8 Å². The molecule has 5 rings (SSSR count). The second-order valence-corrected chi connectivity index (χ2v) is 9.19. The minimum atomic E-state index is -0.627. The predicted octanol–water partition coefficient (Wildman–Crippen LogP) is 5.75. The molecule has 2 aliphatic heterocycles. The maximum absolute atomic E-state index is 15.3. The van der Waals surface area contributed by atoms with Gasteiger partial charge in [-0.15, -0.1) is 0 Å². The van der Waals surface area contributed by atoms with Crippen LogP contribution in [0.1, 0.15) is 35.3 Å². The van der Waals surface area contributed by atoms with Crippen LogP contribution in [0.2, 0.25) is 0 Å². The lowest BCUT2D eigenvalue weighted by molar-refractivity contribution is 0.0668. The Morgan fingerprint density at radius 3 is 2.61 bits per heavy atom. The zero-order chi connectivity index (χ0) is 25.2. The van der Waals surface area contributed by atoms with Crippen molar-refractivity contribution in [2.75, 3.05) is 32.9 Å². The Bertz CT molecular complexity index is 1340. The van der Waals surface area contributed by atoms with Gasteiger partial charge in [0.1, 0.15) is 41.8 Å². The van der Waals surface area contributed by atoms with Crippen molar-refractivity contribution in [2.45, 2.75) is 13.0 Å². The number of phenolic OH excluding ortho intramolecular Hbond substituents is 1. The molecule has 1 saturated heterocycles. The van der Waals surface area contributed by atoms with Crippen LogP contribution in [0, 0.1) is 23.1 Å². The van der Waals surface area contributed by atoms with E-state index >= 15 is 4.39 Å². The molecule has 1 N–H and O–H groups in total. The minimum absolute atomic E-state index is 0.0444. The fourth-order valence-corrected chi connectivity index (χ4v) is 4.83. The summed E-state index contributed by atoms with van der Waals surface area (Å²) in [5.74, 6) is 0.908. The molecule has 0 radical (unpaired) electrons. The molecule has 0 aromatic heterocycles. The number of nitriles is 1. The van der Waals surface area contributed by atoms with E-state index in [1.165, 1.54) is 6.07 Å². The smallest absolute Gasteiger partial charge is 0.150 e. The zero-order valence-electron chi connectivity index (χ0n) is 19.9. The summed E-state index contributed by atoms with van der Waals surface area (Å²) in [5, 5.41) is 19.4. The Labute approximate surface area is 208 Å². The summed E-state index contributed by atoms with van der Waals surface area (Å²) in [4.78, 5) is 2.16. The molecule has 0 spiro atoms. The molecular formula is C29H26F2N2O3. The molecule has 184 valence electrons. The van der Waals surface area contributed by atoms with Gasteiger partial charge in [-0.3, -0.25) is 9.29 Å². The van der Waals surface area contributed by atoms with Gasteiger partial charge in [-0.1, -0.05) is 24.3 Å². The molecule has 1 unspecified atom stereocenters. The number of nitrogens with zero attached hydrogens (tertiary/aromatic N) is 2. The molecule has 36 heavy (non-hydrogen) atoms. The maximum Gasteiger partial charge on any atom is 0.150 e. The number of alkyl halides is 1. The average molecular weight is 489 g/mol. The fourth-order valence-electron chi connectivity index (χ4n) is 4.83. The number of ether oxygens (including phenoxy) is 2. The van der Waals surface area contributed by atoms with Gasteiger partial charge in [0.25, 0.3) is 0 Å². The van der Waals surface area contributed by atoms with Crippen LogP contribution < -0.4 is 9.47 Å².